The van der Waals surface area contributed by atoms with Crippen LogP contribution in [0.5, 0.6) is 0 Å². The van der Waals surface area contributed by atoms with E-state index in [4.69, 9.17) is 9.79 Å². The van der Waals surface area contributed by atoms with Crippen molar-refractivity contribution < 1.29 is 18.9 Å². The summed E-state index contributed by atoms with van der Waals surface area (Å²) < 4.78 is 15.3. The highest BCUT2D eigenvalue weighted by atomic mass is 31.2. The molecule has 0 bridgehead atoms. The lowest BCUT2D eigenvalue weighted by Crippen LogP contribution is -1.89. The van der Waals surface area contributed by atoms with Crippen molar-refractivity contribution in [1.29, 1.82) is 0 Å². The molecule has 0 fully saturated rings. The quantitative estimate of drug-likeness (QED) is 0.0470. The number of hydrogen-bond acceptors (Lipinski definition) is 2. The van der Waals surface area contributed by atoms with E-state index in [1.54, 1.807) is 6.08 Å². The van der Waals surface area contributed by atoms with Crippen LogP contribution in [0.3, 0.4) is 0 Å². The van der Waals surface area contributed by atoms with Crippen LogP contribution in [0.4, 0.5) is 0 Å². The number of phosphoric acid groups is 1. The van der Waals surface area contributed by atoms with Gasteiger partial charge >= 0.3 is 7.82 Å². The molecule has 0 aliphatic heterocycles. The Kier molecular flexibility index (Phi) is 55.6. The molecule has 0 saturated carbocycles. The van der Waals surface area contributed by atoms with Crippen LogP contribution >= 0.6 is 7.82 Å². The van der Waals surface area contributed by atoms with E-state index in [0.717, 1.165) is 179 Å². The molecule has 4 nitrogen and oxygen atoms in total. The molecule has 0 heterocycles. The third-order valence-electron chi connectivity index (χ3n) is 18.3. The van der Waals surface area contributed by atoms with Gasteiger partial charge in [0.25, 0.3) is 0 Å². The summed E-state index contributed by atoms with van der Waals surface area (Å²) in [5.74, 6) is 0. The van der Waals surface area contributed by atoms with Gasteiger partial charge in [0.05, 0.1) is 6.61 Å². The Morgan fingerprint density at radius 1 is 0.200 bits per heavy atom. The van der Waals surface area contributed by atoms with E-state index in [9.17, 15) is 4.57 Å². The number of allylic oxidation sites excluding steroid dienone is 35. The minimum Gasteiger partial charge on any atom is -0.303 e. The van der Waals surface area contributed by atoms with Crippen molar-refractivity contribution in [1.82, 2.24) is 0 Å². The summed E-state index contributed by atoms with van der Waals surface area (Å²) in [6.45, 7) is 43.0. The molecule has 0 saturated heterocycles. The van der Waals surface area contributed by atoms with Crippen LogP contribution in [0, 0.1) is 0 Å². The minimum absolute atomic E-state index is 0.0573. The van der Waals surface area contributed by atoms with Gasteiger partial charge in [-0.05, 0) is 350 Å². The zero-order valence-corrected chi connectivity index (χ0v) is 66.2. The fraction of sp³-hybridized carbons (Fsp3) is 0.600. The second kappa shape index (κ2) is 58.4. The fourth-order valence-corrected chi connectivity index (χ4v) is 11.6. The van der Waals surface area contributed by atoms with E-state index in [-0.39, 0.29) is 6.61 Å². The van der Waals surface area contributed by atoms with Crippen molar-refractivity contribution in [3.63, 3.8) is 0 Å². The molecule has 0 aliphatic carbocycles. The van der Waals surface area contributed by atoms with E-state index in [0.29, 0.717) is 0 Å². The first-order chi connectivity index (χ1) is 45.1. The second-order valence-electron chi connectivity index (χ2n) is 29.1. The molecule has 0 rings (SSSR count). The molecule has 0 spiro atoms. The molecule has 5 heteroatoms. The van der Waals surface area contributed by atoms with Crippen LogP contribution in [0.1, 0.15) is 350 Å². The Labute approximate surface area is 589 Å². The lowest BCUT2D eigenvalue weighted by atomic mass is 10.0. The molecular formula is C90H147O4P. The molecule has 95 heavy (non-hydrogen) atoms. The average Bonchev–Trinajstić information content (AvgIpc) is 3.71. The highest BCUT2D eigenvalue weighted by Gasteiger charge is 2.12. The predicted molar refractivity (Wildman–Crippen MR) is 428 cm³/mol. The van der Waals surface area contributed by atoms with Gasteiger partial charge in [-0.15, -0.1) is 0 Å². The minimum atomic E-state index is -4.41. The van der Waals surface area contributed by atoms with Gasteiger partial charge < -0.3 is 9.79 Å². The first-order valence-corrected chi connectivity index (χ1v) is 39.1. The summed E-state index contributed by atoms with van der Waals surface area (Å²) >= 11 is 0. The number of phosphoric ester groups is 1. The van der Waals surface area contributed by atoms with Crippen molar-refractivity contribution in [2.75, 3.05) is 6.61 Å². The Morgan fingerprint density at radius 3 is 0.411 bits per heavy atom. The summed E-state index contributed by atoms with van der Waals surface area (Å²) in [6, 6.07) is 0. The highest BCUT2D eigenvalue weighted by Crippen LogP contribution is 2.35. The van der Waals surface area contributed by atoms with Crippen molar-refractivity contribution in [2.45, 2.75) is 350 Å². The van der Waals surface area contributed by atoms with E-state index in [2.05, 4.69) is 232 Å². The maximum atomic E-state index is 10.8. The van der Waals surface area contributed by atoms with Gasteiger partial charge in [-0.25, -0.2) is 4.57 Å². The van der Waals surface area contributed by atoms with Gasteiger partial charge in [0.1, 0.15) is 0 Å². The second-order valence-corrected chi connectivity index (χ2v) is 30.3. The lowest BCUT2D eigenvalue weighted by Gasteiger charge is -2.05. The van der Waals surface area contributed by atoms with E-state index < -0.39 is 7.82 Å². The molecule has 0 aromatic rings. The Bertz CT molecular complexity index is 2780. The number of hydrogen-bond donors (Lipinski definition) is 2. The molecule has 0 amide bonds. The maximum absolute atomic E-state index is 10.8. The Balaban J connectivity index is 4.35. The normalized spacial score (nSPS) is 15.3. The van der Waals surface area contributed by atoms with Crippen LogP contribution in [0.2, 0.25) is 0 Å². The molecule has 2 N–H and O–H groups in total. The monoisotopic (exact) mass is 1320 g/mol. The van der Waals surface area contributed by atoms with Crippen LogP contribution in [0.15, 0.2) is 210 Å². The molecule has 0 aromatic carbocycles. The third-order valence-corrected chi connectivity index (χ3v) is 18.8. The number of rotatable bonds is 54. The molecule has 0 aromatic heterocycles. The van der Waals surface area contributed by atoms with Crippen LogP contribution in [-0.2, 0) is 9.09 Å². The summed E-state index contributed by atoms with van der Waals surface area (Å²) in [7, 11) is -4.41. The molecule has 0 atom stereocenters. The van der Waals surface area contributed by atoms with Crippen molar-refractivity contribution in [3.8, 4) is 0 Å². The lowest BCUT2D eigenvalue weighted by molar-refractivity contribution is 0.215. The third kappa shape index (κ3) is 62.7. The van der Waals surface area contributed by atoms with E-state index in [1.807, 2.05) is 6.92 Å². The van der Waals surface area contributed by atoms with Gasteiger partial charge in [-0.1, -0.05) is 210 Å². The molecule has 0 aliphatic rings. The average molecular weight is 1320 g/mol. The van der Waals surface area contributed by atoms with Gasteiger partial charge in [0.2, 0.25) is 0 Å². The van der Waals surface area contributed by atoms with Crippen molar-refractivity contribution in [3.05, 3.63) is 210 Å². The zero-order chi connectivity index (χ0) is 71.1. The summed E-state index contributed by atoms with van der Waals surface area (Å²) in [5.41, 5.74) is 26.6. The molecule has 0 unspecified atom stereocenters. The predicted octanol–water partition coefficient (Wildman–Crippen LogP) is 30.4. The largest absolute Gasteiger partial charge is 0.469 e. The summed E-state index contributed by atoms with van der Waals surface area (Å²) in [5, 5.41) is 0. The van der Waals surface area contributed by atoms with Crippen LogP contribution in [-0.4, -0.2) is 16.4 Å². The maximum Gasteiger partial charge on any atom is 0.469 e. The van der Waals surface area contributed by atoms with Gasteiger partial charge in [0.15, 0.2) is 0 Å². The smallest absolute Gasteiger partial charge is 0.303 e. The van der Waals surface area contributed by atoms with E-state index in [1.165, 1.54) is 140 Å². The van der Waals surface area contributed by atoms with Gasteiger partial charge in [-0.3, -0.25) is 4.52 Å². The van der Waals surface area contributed by atoms with Crippen molar-refractivity contribution >= 4 is 7.82 Å². The zero-order valence-electron chi connectivity index (χ0n) is 65.3. The molecular weight excluding hydrogens is 1180 g/mol. The van der Waals surface area contributed by atoms with Crippen LogP contribution in [0.25, 0.3) is 0 Å². The Hall–Kier alpha value is -4.57. The Morgan fingerprint density at radius 2 is 0.305 bits per heavy atom. The molecule has 0 radical (unpaired) electrons. The van der Waals surface area contributed by atoms with Gasteiger partial charge in [0, 0.05) is 0 Å². The fourth-order valence-electron chi connectivity index (χ4n) is 11.3. The molecule has 536 valence electrons. The highest BCUT2D eigenvalue weighted by molar-refractivity contribution is 7.46. The van der Waals surface area contributed by atoms with Gasteiger partial charge in [-0.2, -0.15) is 0 Å². The first kappa shape index (κ1) is 90.4. The standard InChI is InChI=1S/C90H147O4P/c1-73(2)37-20-38-74(3)39-21-40-75(4)41-22-42-76(5)43-23-44-77(6)45-24-46-78(7)47-25-48-79(8)49-26-50-80(9)51-27-52-81(10)53-28-54-82(11)55-29-56-83(12)57-30-58-84(13)59-31-60-85(14)61-32-62-86(15)63-33-64-87(16)65-34-66-88(17)67-35-68-89(18)69-36-70-90(19)71-72-94-95(91,92)93/h37,39,41,43,45,47,49,51,53,55,57,59,61,63,65,67,69,71H,20-36,38,40,42,44,46,48,50,52,54,56,58,60,62,64,66,68,70,72H2,1-19H3,(H2,91,92,93)/b74-39+,75-41+,76-43+,77-45+,78-47+,79-49+,80-51+,81-53+,82-55+,83-57+,84-59+,85-61+,86-63+,87-65+,88-67+,89-69+,90-71+. The van der Waals surface area contributed by atoms with Crippen molar-refractivity contribution in [2.24, 2.45) is 0 Å². The topological polar surface area (TPSA) is 66.8 Å². The summed E-state index contributed by atoms with van der Waals surface area (Å²) in [6.07, 6.45) is 81.6. The van der Waals surface area contributed by atoms with E-state index >= 15 is 0 Å². The summed E-state index contributed by atoms with van der Waals surface area (Å²) in [4.78, 5) is 17.6. The van der Waals surface area contributed by atoms with Crippen LogP contribution < -0.4 is 0 Å². The first-order valence-electron chi connectivity index (χ1n) is 37.6. The SMILES string of the molecule is CC(C)=CCC/C(C)=C/CC/C(C)=C/CC/C(C)=C/CC/C(C)=C/CC/C(C)=C/CC/C(C)=C/CC/C(C)=C/CC/C(C)=C/CC/C(C)=C/CC/C(C)=C/CC/C(C)=C/CC/C(C)=C/CC/C(C)=C/CC/C(C)=C/CC/C(C)=C/CC/C(C)=C/CC/C(C)=C/COP(=O)(O)O.